The molecule has 0 amide bonds. The van der Waals surface area contributed by atoms with Crippen molar-refractivity contribution in [2.75, 3.05) is 6.54 Å². The molecule has 2 aromatic rings. The van der Waals surface area contributed by atoms with Gasteiger partial charge in [0.05, 0.1) is 6.54 Å². The first kappa shape index (κ1) is 9.36. The molecule has 0 saturated heterocycles. The summed E-state index contributed by atoms with van der Waals surface area (Å²) in [4.78, 5) is 4.37. The number of thiazole rings is 1. The van der Waals surface area contributed by atoms with Crippen molar-refractivity contribution in [1.29, 1.82) is 0 Å². The predicted octanol–water partition coefficient (Wildman–Crippen LogP) is 1.27. The normalized spacial score (nSPS) is 10.7. The van der Waals surface area contributed by atoms with E-state index in [0.29, 0.717) is 6.54 Å². The SMILES string of the molecule is Cc1csc(-c2ccn(CCN)n2)n1. The molecule has 74 valence electrons. The molecule has 0 aliphatic rings. The lowest BCUT2D eigenvalue weighted by Gasteiger charge is -1.95. The van der Waals surface area contributed by atoms with E-state index in [2.05, 4.69) is 10.1 Å². The lowest BCUT2D eigenvalue weighted by atomic mass is 10.4. The molecule has 2 aromatic heterocycles. The number of aromatic nitrogens is 3. The Hall–Kier alpha value is -1.20. The number of hydrogen-bond acceptors (Lipinski definition) is 4. The molecule has 2 rings (SSSR count). The third-order valence-corrected chi connectivity index (χ3v) is 2.82. The highest BCUT2D eigenvalue weighted by Crippen LogP contribution is 2.21. The largest absolute Gasteiger partial charge is 0.329 e. The first-order valence-electron chi connectivity index (χ1n) is 4.45. The molecule has 4 nitrogen and oxygen atoms in total. The molecule has 0 atom stereocenters. The minimum Gasteiger partial charge on any atom is -0.329 e. The van der Waals surface area contributed by atoms with Crippen LogP contribution in [0.1, 0.15) is 5.69 Å². The Morgan fingerprint density at radius 3 is 3.07 bits per heavy atom. The molecule has 0 saturated carbocycles. The average Bonchev–Trinajstić information content (AvgIpc) is 2.74. The van der Waals surface area contributed by atoms with Gasteiger partial charge in [0, 0.05) is 23.8 Å². The van der Waals surface area contributed by atoms with Crippen LogP contribution in [0.3, 0.4) is 0 Å². The van der Waals surface area contributed by atoms with E-state index in [-0.39, 0.29) is 0 Å². The Morgan fingerprint density at radius 2 is 2.43 bits per heavy atom. The van der Waals surface area contributed by atoms with Gasteiger partial charge >= 0.3 is 0 Å². The fourth-order valence-corrected chi connectivity index (χ4v) is 1.97. The minimum atomic E-state index is 0.609. The van der Waals surface area contributed by atoms with Crippen LogP contribution in [0.5, 0.6) is 0 Å². The zero-order valence-electron chi connectivity index (χ0n) is 7.97. The smallest absolute Gasteiger partial charge is 0.143 e. The van der Waals surface area contributed by atoms with Gasteiger partial charge in [-0.3, -0.25) is 4.68 Å². The summed E-state index contributed by atoms with van der Waals surface area (Å²) in [6.45, 7) is 3.35. The second-order valence-electron chi connectivity index (χ2n) is 3.05. The first-order valence-corrected chi connectivity index (χ1v) is 5.33. The number of nitrogens with zero attached hydrogens (tertiary/aromatic N) is 3. The second-order valence-corrected chi connectivity index (χ2v) is 3.90. The molecule has 0 spiro atoms. The van der Waals surface area contributed by atoms with Gasteiger partial charge in [0.2, 0.25) is 0 Å². The summed E-state index contributed by atoms with van der Waals surface area (Å²) in [5.41, 5.74) is 7.41. The Morgan fingerprint density at radius 1 is 1.57 bits per heavy atom. The van der Waals surface area contributed by atoms with Gasteiger partial charge in [0.25, 0.3) is 0 Å². The van der Waals surface area contributed by atoms with Gasteiger partial charge in [-0.25, -0.2) is 4.98 Å². The number of rotatable bonds is 3. The highest BCUT2D eigenvalue weighted by molar-refractivity contribution is 7.13. The summed E-state index contributed by atoms with van der Waals surface area (Å²) < 4.78 is 1.84. The maximum atomic E-state index is 5.44. The minimum absolute atomic E-state index is 0.609. The molecule has 14 heavy (non-hydrogen) atoms. The predicted molar refractivity (Wildman–Crippen MR) is 57.1 cm³/mol. The van der Waals surface area contributed by atoms with Crippen molar-refractivity contribution < 1.29 is 0 Å². The molecular weight excluding hydrogens is 196 g/mol. The number of hydrogen-bond donors (Lipinski definition) is 1. The Kier molecular flexibility index (Phi) is 2.60. The highest BCUT2D eigenvalue weighted by atomic mass is 32.1. The van der Waals surface area contributed by atoms with Crippen LogP contribution < -0.4 is 5.73 Å². The van der Waals surface area contributed by atoms with Gasteiger partial charge in [-0.05, 0) is 13.0 Å². The molecular formula is C9H12N4S. The molecule has 0 aromatic carbocycles. The number of aryl methyl sites for hydroxylation is 1. The molecule has 5 heteroatoms. The van der Waals surface area contributed by atoms with Gasteiger partial charge in [-0.2, -0.15) is 5.10 Å². The summed E-state index contributed by atoms with van der Waals surface area (Å²) in [6, 6.07) is 1.97. The van der Waals surface area contributed by atoms with Crippen LogP contribution in [0.4, 0.5) is 0 Å². The van der Waals surface area contributed by atoms with Gasteiger partial charge in [0.15, 0.2) is 0 Å². The van der Waals surface area contributed by atoms with Gasteiger partial charge in [-0.15, -0.1) is 11.3 Å². The van der Waals surface area contributed by atoms with E-state index in [1.807, 2.05) is 29.2 Å². The Labute approximate surface area is 86.4 Å². The van der Waals surface area contributed by atoms with Crippen molar-refractivity contribution in [3.63, 3.8) is 0 Å². The van der Waals surface area contributed by atoms with Crippen LogP contribution in [0.15, 0.2) is 17.6 Å². The van der Waals surface area contributed by atoms with E-state index in [0.717, 1.165) is 22.9 Å². The molecule has 0 aliphatic carbocycles. The zero-order valence-corrected chi connectivity index (χ0v) is 8.79. The Balaban J connectivity index is 2.24. The van der Waals surface area contributed by atoms with Crippen molar-refractivity contribution in [1.82, 2.24) is 14.8 Å². The molecule has 0 bridgehead atoms. The molecule has 0 aliphatic heterocycles. The van der Waals surface area contributed by atoms with Crippen LogP contribution in [0, 0.1) is 6.92 Å². The van der Waals surface area contributed by atoms with Gasteiger partial charge in [0.1, 0.15) is 10.7 Å². The second kappa shape index (κ2) is 3.89. The fraction of sp³-hybridized carbons (Fsp3) is 0.333. The topological polar surface area (TPSA) is 56.7 Å². The van der Waals surface area contributed by atoms with E-state index in [1.54, 1.807) is 11.3 Å². The summed E-state index contributed by atoms with van der Waals surface area (Å²) >= 11 is 1.62. The van der Waals surface area contributed by atoms with Crippen LogP contribution in [0.25, 0.3) is 10.7 Å². The van der Waals surface area contributed by atoms with E-state index in [4.69, 9.17) is 5.73 Å². The molecule has 2 heterocycles. The van der Waals surface area contributed by atoms with Crippen molar-refractivity contribution in [3.05, 3.63) is 23.3 Å². The first-order chi connectivity index (χ1) is 6.79. The van der Waals surface area contributed by atoms with Crippen molar-refractivity contribution >= 4 is 11.3 Å². The molecule has 0 unspecified atom stereocenters. The summed E-state index contributed by atoms with van der Waals surface area (Å²) in [5.74, 6) is 0. The van der Waals surface area contributed by atoms with Crippen molar-refractivity contribution in [2.24, 2.45) is 5.73 Å². The van der Waals surface area contributed by atoms with E-state index >= 15 is 0 Å². The standard InChI is InChI=1S/C9H12N4S/c1-7-6-14-9(11-7)8-2-4-13(12-8)5-3-10/h2,4,6H,3,5,10H2,1H3. The lowest BCUT2D eigenvalue weighted by Crippen LogP contribution is -2.09. The number of nitrogens with two attached hydrogens (primary N) is 1. The fourth-order valence-electron chi connectivity index (χ4n) is 1.20. The highest BCUT2D eigenvalue weighted by Gasteiger charge is 2.05. The maximum Gasteiger partial charge on any atom is 0.143 e. The van der Waals surface area contributed by atoms with Crippen LogP contribution >= 0.6 is 11.3 Å². The quantitative estimate of drug-likeness (QED) is 0.826. The Bertz CT molecular complexity index is 418. The monoisotopic (exact) mass is 208 g/mol. The summed E-state index contributed by atoms with van der Waals surface area (Å²) in [6.07, 6.45) is 1.93. The van der Waals surface area contributed by atoms with Crippen molar-refractivity contribution in [2.45, 2.75) is 13.5 Å². The molecule has 0 fully saturated rings. The van der Waals surface area contributed by atoms with E-state index in [9.17, 15) is 0 Å². The van der Waals surface area contributed by atoms with E-state index < -0.39 is 0 Å². The average molecular weight is 208 g/mol. The van der Waals surface area contributed by atoms with Gasteiger partial charge in [-0.1, -0.05) is 0 Å². The van der Waals surface area contributed by atoms with Crippen LogP contribution in [0.2, 0.25) is 0 Å². The third-order valence-electron chi connectivity index (χ3n) is 1.84. The lowest BCUT2D eigenvalue weighted by molar-refractivity contribution is 0.627. The maximum absolute atomic E-state index is 5.44. The summed E-state index contributed by atoms with van der Waals surface area (Å²) in [7, 11) is 0. The van der Waals surface area contributed by atoms with Crippen molar-refractivity contribution in [3.8, 4) is 10.7 Å². The van der Waals surface area contributed by atoms with Crippen LogP contribution in [-0.4, -0.2) is 21.3 Å². The van der Waals surface area contributed by atoms with Gasteiger partial charge < -0.3 is 5.73 Å². The van der Waals surface area contributed by atoms with E-state index in [1.165, 1.54) is 0 Å². The zero-order chi connectivity index (χ0) is 9.97. The van der Waals surface area contributed by atoms with Crippen LogP contribution in [-0.2, 0) is 6.54 Å². The molecule has 0 radical (unpaired) electrons. The third kappa shape index (κ3) is 1.83. The molecule has 2 N–H and O–H groups in total. The summed E-state index contributed by atoms with van der Waals surface area (Å²) in [5, 5.41) is 7.36.